The van der Waals surface area contributed by atoms with Crippen molar-refractivity contribution in [1.82, 2.24) is 21.3 Å². The number of hydrogen-bond donors (Lipinski definition) is 14. The molecule has 12 amide bonds. The molecular weight excluding hydrogens is 1640 g/mol. The first kappa shape index (κ1) is 101. The van der Waals surface area contributed by atoms with Gasteiger partial charge in [0.2, 0.25) is 0 Å². The van der Waals surface area contributed by atoms with Gasteiger partial charge in [0, 0.05) is 70.1 Å². The van der Waals surface area contributed by atoms with Gasteiger partial charge in [-0.15, -0.1) is 12.3 Å². The normalized spacial score (nSPS) is 12.0. The lowest BCUT2D eigenvalue weighted by Gasteiger charge is -2.18. The number of rotatable bonds is 32. The molecule has 0 saturated heterocycles. The van der Waals surface area contributed by atoms with Crippen LogP contribution in [0, 0.1) is 69.0 Å². The summed E-state index contributed by atoms with van der Waals surface area (Å²) in [5.41, 5.74) is 8.48. The SMILES string of the molecule is C#CC[C@@H](CC)OC(=O)N[C@@H](C)c1cccc(NC(=O)Nc2ccc(C#N)c(Cl)c2)c1.CCC(CO)OC(=O)N[C@@H](C)c1cccc(NC(=O)Nc2ccc(C#N)c(OC)c2)c1.CCC(CO)OC(=O)N[C@H](C)c1cccc(NC(=O)Nc2ccc(C#N)c(OC)c2)c1.CCOc1cc(NC(=O)Nc2cccc([C@H](C)NC(=O)OC(CC)CC#N)c2)ccc1C#N. The summed E-state index contributed by atoms with van der Waals surface area (Å²) < 4.78 is 36.5. The number of carbonyl (C=O) groups excluding carboxylic acids is 8. The van der Waals surface area contributed by atoms with Crippen molar-refractivity contribution < 1.29 is 81.7 Å². The van der Waals surface area contributed by atoms with Gasteiger partial charge in [-0.2, -0.15) is 26.3 Å². The van der Waals surface area contributed by atoms with E-state index in [1.807, 2.05) is 89.2 Å². The molecule has 660 valence electrons. The topological polar surface area (TPSA) is 505 Å². The molecule has 0 fully saturated rings. The van der Waals surface area contributed by atoms with E-state index in [1.165, 1.54) is 26.4 Å². The fraction of sp³-hybridized carbons (Fsp3) is 0.308. The summed E-state index contributed by atoms with van der Waals surface area (Å²) in [6.07, 6.45) is 3.68. The number of alkyl carbamates (subject to hydrolysis) is 4. The molecule has 8 aromatic rings. The van der Waals surface area contributed by atoms with E-state index in [2.05, 4.69) is 69.7 Å². The highest BCUT2D eigenvalue weighted by molar-refractivity contribution is 6.32. The van der Waals surface area contributed by atoms with Gasteiger partial charge in [0.25, 0.3) is 0 Å². The van der Waals surface area contributed by atoms with Crippen LogP contribution >= 0.6 is 11.6 Å². The average Bonchev–Trinajstić information content (AvgIpc) is 0.857. The van der Waals surface area contributed by atoms with E-state index in [0.29, 0.717) is 124 Å². The number of aliphatic hydroxyl groups is 2. The van der Waals surface area contributed by atoms with Crippen LogP contribution in [0.25, 0.3) is 0 Å². The number of halogens is 1. The fourth-order valence-electron chi connectivity index (χ4n) is 11.1. The van der Waals surface area contributed by atoms with Crippen LogP contribution in [0.5, 0.6) is 17.2 Å². The number of benzene rings is 8. The molecule has 8 aromatic carbocycles. The van der Waals surface area contributed by atoms with E-state index in [1.54, 1.807) is 161 Å². The van der Waals surface area contributed by atoms with Crippen LogP contribution in [-0.2, 0) is 18.9 Å². The monoisotopic (exact) mass is 1740 g/mol. The molecule has 0 heterocycles. The third-order valence-corrected chi connectivity index (χ3v) is 18.4. The molecule has 8 rings (SSSR count). The number of aliphatic hydroxyl groups excluding tert-OH is 2. The second kappa shape index (κ2) is 54.0. The number of urea groups is 4. The largest absolute Gasteiger partial charge is 0.495 e. The highest BCUT2D eigenvalue weighted by Crippen LogP contribution is 2.29. The van der Waals surface area contributed by atoms with Crippen molar-refractivity contribution in [2.45, 2.75) is 149 Å². The number of carbonyl (C=O) groups is 8. The highest BCUT2D eigenvalue weighted by Gasteiger charge is 2.22. The minimum Gasteiger partial charge on any atom is -0.495 e. The Morgan fingerprint density at radius 1 is 0.365 bits per heavy atom. The first-order valence-corrected chi connectivity index (χ1v) is 40.1. The first-order valence-electron chi connectivity index (χ1n) is 39.7. The molecule has 8 atom stereocenters. The zero-order valence-corrected chi connectivity index (χ0v) is 72.1. The molecule has 0 aliphatic carbocycles. The summed E-state index contributed by atoms with van der Waals surface area (Å²) in [4.78, 5) is 97.5. The van der Waals surface area contributed by atoms with Crippen LogP contribution in [-0.4, -0.2) is 117 Å². The molecule has 35 heteroatoms. The number of nitrogens with one attached hydrogen (secondary N) is 12. The van der Waals surface area contributed by atoms with Crippen LogP contribution in [0.1, 0.15) is 170 Å². The van der Waals surface area contributed by atoms with Gasteiger partial charge in [-0.3, -0.25) is 0 Å². The minimum absolute atomic E-state index is 0.137. The Labute approximate surface area is 736 Å². The van der Waals surface area contributed by atoms with Gasteiger partial charge >= 0.3 is 48.5 Å². The minimum atomic E-state index is -0.626. The maximum Gasteiger partial charge on any atom is 0.407 e. The van der Waals surface area contributed by atoms with E-state index in [0.717, 1.165) is 22.3 Å². The van der Waals surface area contributed by atoms with Crippen molar-refractivity contribution in [3.63, 3.8) is 0 Å². The third-order valence-electron chi connectivity index (χ3n) is 18.1. The van der Waals surface area contributed by atoms with E-state index < -0.39 is 66.8 Å². The lowest BCUT2D eigenvalue weighted by atomic mass is 10.1. The Kier molecular flexibility index (Phi) is 43.4. The number of amides is 12. The van der Waals surface area contributed by atoms with Gasteiger partial charge in [0.15, 0.2) is 0 Å². The maximum atomic E-state index is 12.4. The van der Waals surface area contributed by atoms with Gasteiger partial charge in [-0.1, -0.05) is 87.8 Å². The molecular formula is C91H102ClN17O17. The van der Waals surface area contributed by atoms with Crippen LogP contribution in [0.4, 0.5) is 83.9 Å². The van der Waals surface area contributed by atoms with E-state index in [-0.39, 0.29) is 54.9 Å². The van der Waals surface area contributed by atoms with Gasteiger partial charge in [0.05, 0.1) is 98.0 Å². The number of nitrogens with zero attached hydrogens (tertiary/aromatic N) is 5. The van der Waals surface area contributed by atoms with Crippen molar-refractivity contribution in [2.24, 2.45) is 0 Å². The summed E-state index contributed by atoms with van der Waals surface area (Å²) in [7, 11) is 2.89. The van der Waals surface area contributed by atoms with Gasteiger partial charge in [0.1, 0.15) is 65.9 Å². The maximum absolute atomic E-state index is 12.4. The Balaban J connectivity index is 0.000000298. The van der Waals surface area contributed by atoms with Gasteiger partial charge in [-0.25, -0.2) is 38.4 Å². The lowest BCUT2D eigenvalue weighted by molar-refractivity contribution is 0.0536. The molecule has 126 heavy (non-hydrogen) atoms. The fourth-order valence-corrected chi connectivity index (χ4v) is 11.4. The van der Waals surface area contributed by atoms with E-state index in [4.69, 9.17) is 87.7 Å². The summed E-state index contributed by atoms with van der Waals surface area (Å²) in [6, 6.07) is 53.6. The molecule has 0 radical (unpaired) electrons. The lowest BCUT2D eigenvalue weighted by Crippen LogP contribution is -2.32. The second-order valence-corrected chi connectivity index (χ2v) is 27.7. The first-order chi connectivity index (χ1) is 60.5. The van der Waals surface area contributed by atoms with Crippen LogP contribution in [0.3, 0.4) is 0 Å². The molecule has 0 saturated carbocycles. The highest BCUT2D eigenvalue weighted by atomic mass is 35.5. The number of nitriles is 5. The summed E-state index contributed by atoms with van der Waals surface area (Å²) in [5.74, 6) is 3.61. The van der Waals surface area contributed by atoms with Crippen molar-refractivity contribution >= 4 is 106 Å². The molecule has 0 bridgehead atoms. The number of terminal acetylenes is 1. The number of anilines is 8. The van der Waals surface area contributed by atoms with Crippen molar-refractivity contribution in [3.8, 4) is 59.9 Å². The third kappa shape index (κ3) is 34.9. The average molecular weight is 1740 g/mol. The Morgan fingerprint density at radius 2 is 0.627 bits per heavy atom. The van der Waals surface area contributed by atoms with Crippen LogP contribution < -0.4 is 78.0 Å². The van der Waals surface area contributed by atoms with Gasteiger partial charge in [-0.05, 0) is 186 Å². The summed E-state index contributed by atoms with van der Waals surface area (Å²) >= 11 is 5.98. The predicted octanol–water partition coefficient (Wildman–Crippen LogP) is 18.1. The van der Waals surface area contributed by atoms with Crippen molar-refractivity contribution in [3.05, 3.63) is 219 Å². The molecule has 0 aliphatic rings. The molecule has 14 N–H and O–H groups in total. The predicted molar refractivity (Wildman–Crippen MR) is 477 cm³/mol. The van der Waals surface area contributed by atoms with Crippen LogP contribution in [0.15, 0.2) is 170 Å². The standard InChI is InChI=1S/C24H27N5O4.C23H23ClN4O3.2C22H26N4O5/c1-4-21(11-12-25)33-24(31)27-16(3)17-7-6-8-19(13-17)28-23(30)29-20-10-9-18(15-26)22(14-20)32-5-2;1-4-7-20(5-2)31-23(30)26-15(3)16-8-6-9-18(12-16)27-22(29)28-19-11-10-17(14-25)21(24)13-19;2*1-4-19(13-27)31-22(29)24-14(2)15-6-5-7-17(10-15)25-21(28)26-18-9-8-16(12-23)20(11-18)30-3/h6-10,13-14,16,21H,4-5,11H2,1-3H3,(H,27,31)(H2,28,29,30);1,6,8-13,15,20H,5,7H2,2-3H3,(H,26,30)(H2,27,28,29);2*5-11,14,19,27H,4,13H2,1-3H3,(H,24,29)(H2,25,26,28)/t16-,21?;15-,20+;2*14-,19?/m0010/s1. The second-order valence-electron chi connectivity index (χ2n) is 27.3. The summed E-state index contributed by atoms with van der Waals surface area (Å²) in [6.45, 7) is 16.2. The smallest absolute Gasteiger partial charge is 0.407 e. The van der Waals surface area contributed by atoms with Crippen molar-refractivity contribution in [2.75, 3.05) is 76.6 Å². The molecule has 0 aromatic heterocycles. The van der Waals surface area contributed by atoms with E-state index in [9.17, 15) is 38.4 Å². The van der Waals surface area contributed by atoms with Gasteiger partial charge < -0.3 is 107 Å². The Morgan fingerprint density at radius 3 is 0.881 bits per heavy atom. The number of ether oxygens (including phenoxy) is 7. The van der Waals surface area contributed by atoms with Crippen LogP contribution in [0.2, 0.25) is 5.02 Å². The van der Waals surface area contributed by atoms with Crippen molar-refractivity contribution in [1.29, 1.82) is 26.3 Å². The quantitative estimate of drug-likeness (QED) is 0.0138. The molecule has 0 aliphatic heterocycles. The number of methoxy groups -OCH3 is 2. The molecule has 3 unspecified atom stereocenters. The Hall–Kier alpha value is -15.5. The van der Waals surface area contributed by atoms with E-state index >= 15 is 0 Å². The number of hydrogen-bond acceptors (Lipinski definition) is 22. The zero-order valence-electron chi connectivity index (χ0n) is 71.4. The summed E-state index contributed by atoms with van der Waals surface area (Å²) in [5, 5.41) is 95.9. The molecule has 0 spiro atoms. The Bertz CT molecular complexity index is 5130. The zero-order chi connectivity index (χ0) is 92.6. The molecule has 34 nitrogen and oxygen atoms in total.